The summed E-state index contributed by atoms with van der Waals surface area (Å²) in [6.45, 7) is 6.11. The molecule has 0 saturated heterocycles. The summed E-state index contributed by atoms with van der Waals surface area (Å²) in [5, 5.41) is 0. The van der Waals surface area contributed by atoms with Crippen LogP contribution in [-0.4, -0.2) is 5.97 Å². The predicted octanol–water partition coefficient (Wildman–Crippen LogP) is 4.65. The number of hydrogen-bond acceptors (Lipinski definition) is 3. The first-order chi connectivity index (χ1) is 10.0. The van der Waals surface area contributed by atoms with Crippen LogP contribution in [-0.2, 0) is 9.53 Å². The number of esters is 1. The van der Waals surface area contributed by atoms with E-state index in [1.807, 2.05) is 50.3 Å². The minimum atomic E-state index is -0.281. The first-order valence-electron chi connectivity index (χ1n) is 6.82. The molecule has 0 radical (unpaired) electrons. The van der Waals surface area contributed by atoms with E-state index in [0.29, 0.717) is 11.3 Å². The molecule has 3 heteroatoms. The average molecular weight is 296 g/mol. The molecule has 0 N–H and O–H groups in total. The number of carbonyl (C=O) groups excluding carboxylic acids is 1. The maximum Gasteiger partial charge on any atom is 0.343 e. The molecule has 2 nitrogen and oxygen atoms in total. The van der Waals surface area contributed by atoms with Gasteiger partial charge < -0.3 is 4.74 Å². The fraction of sp³-hybridized carbons (Fsp3) is 0.167. The summed E-state index contributed by atoms with van der Waals surface area (Å²) in [6.07, 6.45) is 3.72. The highest BCUT2D eigenvalue weighted by molar-refractivity contribution is 7.12. The molecule has 0 amide bonds. The Morgan fingerprint density at radius 3 is 2.62 bits per heavy atom. The van der Waals surface area contributed by atoms with E-state index < -0.39 is 0 Å². The Morgan fingerprint density at radius 1 is 1.10 bits per heavy atom. The van der Waals surface area contributed by atoms with Crippen molar-refractivity contribution < 1.29 is 9.53 Å². The zero-order valence-electron chi connectivity index (χ0n) is 12.3. The molecule has 0 unspecified atom stereocenters. The van der Waals surface area contributed by atoms with Crippen LogP contribution in [0.25, 0.3) is 11.8 Å². The standard InChI is InChI=1S/C18H16O2S/c1-11-4-5-12(2)16(8-11)17-10-14(18(19)20-17)9-15-7-6-13(3)21-15/h4-10H,1-3H3. The Kier molecular flexibility index (Phi) is 3.52. The van der Waals surface area contributed by atoms with E-state index >= 15 is 0 Å². The van der Waals surface area contributed by atoms with E-state index in [1.54, 1.807) is 11.3 Å². The fourth-order valence-electron chi connectivity index (χ4n) is 2.31. The van der Waals surface area contributed by atoms with Crippen LogP contribution in [0.2, 0.25) is 0 Å². The van der Waals surface area contributed by atoms with Crippen molar-refractivity contribution in [3.05, 3.63) is 68.4 Å². The van der Waals surface area contributed by atoms with Crippen molar-refractivity contribution in [2.24, 2.45) is 0 Å². The summed E-state index contributed by atoms with van der Waals surface area (Å²) < 4.78 is 5.43. The van der Waals surface area contributed by atoms with Gasteiger partial charge in [0, 0.05) is 15.3 Å². The highest BCUT2D eigenvalue weighted by atomic mass is 32.1. The smallest absolute Gasteiger partial charge is 0.343 e. The summed E-state index contributed by atoms with van der Waals surface area (Å²) >= 11 is 1.67. The lowest BCUT2D eigenvalue weighted by molar-refractivity contribution is -0.130. The molecule has 0 saturated carbocycles. The van der Waals surface area contributed by atoms with E-state index in [-0.39, 0.29) is 5.97 Å². The largest absolute Gasteiger partial charge is 0.422 e. The maximum atomic E-state index is 12.0. The van der Waals surface area contributed by atoms with Gasteiger partial charge in [-0.3, -0.25) is 0 Å². The van der Waals surface area contributed by atoms with Gasteiger partial charge in [-0.05, 0) is 56.7 Å². The van der Waals surface area contributed by atoms with Crippen LogP contribution in [0.15, 0.2) is 42.0 Å². The third-order valence-corrected chi connectivity index (χ3v) is 4.39. The van der Waals surface area contributed by atoms with Crippen molar-refractivity contribution in [3.8, 4) is 0 Å². The van der Waals surface area contributed by atoms with Gasteiger partial charge in [0.05, 0.1) is 5.57 Å². The molecule has 0 bridgehead atoms. The van der Waals surface area contributed by atoms with Gasteiger partial charge in [-0.15, -0.1) is 11.3 Å². The van der Waals surface area contributed by atoms with Crippen molar-refractivity contribution >= 4 is 29.1 Å². The number of hydrogen-bond donors (Lipinski definition) is 0. The van der Waals surface area contributed by atoms with Crippen LogP contribution >= 0.6 is 11.3 Å². The van der Waals surface area contributed by atoms with Crippen LogP contribution in [0.1, 0.15) is 26.4 Å². The van der Waals surface area contributed by atoms with Crippen LogP contribution in [0, 0.1) is 20.8 Å². The van der Waals surface area contributed by atoms with Crippen LogP contribution in [0.4, 0.5) is 0 Å². The number of rotatable bonds is 2. The number of carbonyl (C=O) groups is 1. The van der Waals surface area contributed by atoms with Gasteiger partial charge >= 0.3 is 5.97 Å². The molecule has 3 rings (SSSR count). The zero-order chi connectivity index (χ0) is 15.0. The van der Waals surface area contributed by atoms with Gasteiger partial charge in [0.2, 0.25) is 0 Å². The van der Waals surface area contributed by atoms with E-state index in [1.165, 1.54) is 4.88 Å². The monoisotopic (exact) mass is 296 g/mol. The quantitative estimate of drug-likeness (QED) is 0.595. The number of aryl methyl sites for hydroxylation is 3. The molecule has 106 valence electrons. The summed E-state index contributed by atoms with van der Waals surface area (Å²) in [7, 11) is 0. The molecule has 2 heterocycles. The first-order valence-corrected chi connectivity index (χ1v) is 7.64. The van der Waals surface area contributed by atoms with Gasteiger partial charge in [-0.25, -0.2) is 4.79 Å². The van der Waals surface area contributed by atoms with Crippen LogP contribution < -0.4 is 0 Å². The third kappa shape index (κ3) is 2.83. The molecule has 0 atom stereocenters. The number of cyclic esters (lactones) is 1. The molecule has 1 aromatic carbocycles. The minimum Gasteiger partial charge on any atom is -0.422 e. The van der Waals surface area contributed by atoms with Crippen LogP contribution in [0.5, 0.6) is 0 Å². The van der Waals surface area contributed by atoms with Gasteiger partial charge in [-0.2, -0.15) is 0 Å². The highest BCUT2D eigenvalue weighted by Crippen LogP contribution is 2.30. The third-order valence-electron chi connectivity index (χ3n) is 3.44. The molecular weight excluding hydrogens is 280 g/mol. The normalized spacial score (nSPS) is 16.2. The van der Waals surface area contributed by atoms with Gasteiger partial charge in [0.25, 0.3) is 0 Å². The van der Waals surface area contributed by atoms with E-state index in [9.17, 15) is 4.79 Å². The summed E-state index contributed by atoms with van der Waals surface area (Å²) in [6, 6.07) is 10.2. The molecule has 1 aliphatic heterocycles. The predicted molar refractivity (Wildman–Crippen MR) is 87.0 cm³/mol. The molecular formula is C18H16O2S. The SMILES string of the molecule is Cc1ccc(C)c(C2=CC(=Cc3ccc(C)s3)C(=O)O2)c1. The Morgan fingerprint density at radius 2 is 1.90 bits per heavy atom. The molecule has 21 heavy (non-hydrogen) atoms. The highest BCUT2D eigenvalue weighted by Gasteiger charge is 2.23. The summed E-state index contributed by atoms with van der Waals surface area (Å²) in [4.78, 5) is 14.3. The second-order valence-corrected chi connectivity index (χ2v) is 6.58. The van der Waals surface area contributed by atoms with Crippen molar-refractivity contribution in [3.63, 3.8) is 0 Å². The minimum absolute atomic E-state index is 0.281. The lowest BCUT2D eigenvalue weighted by Crippen LogP contribution is -1.98. The first kappa shape index (κ1) is 13.8. The second-order valence-electron chi connectivity index (χ2n) is 5.26. The van der Waals surface area contributed by atoms with E-state index in [2.05, 4.69) is 13.0 Å². The van der Waals surface area contributed by atoms with E-state index in [0.717, 1.165) is 21.6 Å². The maximum absolute atomic E-state index is 12.0. The van der Waals surface area contributed by atoms with Crippen molar-refractivity contribution in [2.45, 2.75) is 20.8 Å². The lowest BCUT2D eigenvalue weighted by Gasteiger charge is -2.06. The van der Waals surface area contributed by atoms with Crippen molar-refractivity contribution in [1.82, 2.24) is 0 Å². The summed E-state index contributed by atoms with van der Waals surface area (Å²) in [5.41, 5.74) is 3.84. The molecule has 1 aliphatic rings. The van der Waals surface area contributed by atoms with Crippen molar-refractivity contribution in [2.75, 3.05) is 0 Å². The molecule has 0 spiro atoms. The van der Waals surface area contributed by atoms with E-state index in [4.69, 9.17) is 4.74 Å². The molecule has 2 aromatic rings. The van der Waals surface area contributed by atoms with Crippen molar-refractivity contribution in [1.29, 1.82) is 0 Å². The Hall–Kier alpha value is -2.13. The topological polar surface area (TPSA) is 26.3 Å². The number of thiophene rings is 1. The molecule has 1 aromatic heterocycles. The fourth-order valence-corrected chi connectivity index (χ4v) is 3.14. The zero-order valence-corrected chi connectivity index (χ0v) is 13.1. The summed E-state index contributed by atoms with van der Waals surface area (Å²) in [5.74, 6) is 0.359. The van der Waals surface area contributed by atoms with Crippen LogP contribution in [0.3, 0.4) is 0 Å². The molecule has 0 fully saturated rings. The van der Waals surface area contributed by atoms with Gasteiger partial charge in [0.15, 0.2) is 0 Å². The Bertz CT molecular complexity index is 778. The molecule has 0 aliphatic carbocycles. The van der Waals surface area contributed by atoms with Gasteiger partial charge in [0.1, 0.15) is 5.76 Å². The lowest BCUT2D eigenvalue weighted by atomic mass is 10.0. The van der Waals surface area contributed by atoms with Gasteiger partial charge in [-0.1, -0.05) is 17.7 Å². The Balaban J connectivity index is 1.99. The second kappa shape index (κ2) is 5.34. The average Bonchev–Trinajstić information content (AvgIpc) is 3.00. The number of benzene rings is 1. The Labute approximate surface area is 128 Å². The number of ether oxygens (including phenoxy) is 1.